The second-order valence-corrected chi connectivity index (χ2v) is 8.22. The molecular formula is C24H26N2O5. The van der Waals surface area contributed by atoms with Gasteiger partial charge in [-0.3, -0.25) is 9.59 Å². The highest BCUT2D eigenvalue weighted by atomic mass is 16.5. The zero-order valence-corrected chi connectivity index (χ0v) is 17.5. The molecule has 2 fully saturated rings. The molecule has 1 aliphatic carbocycles. The predicted octanol–water partition coefficient (Wildman–Crippen LogP) is 0.909. The van der Waals surface area contributed by atoms with Crippen molar-refractivity contribution in [1.29, 1.82) is 0 Å². The number of ether oxygens (including phenoxy) is 1. The summed E-state index contributed by atoms with van der Waals surface area (Å²) in [6, 6.07) is 11.0. The maximum Gasteiger partial charge on any atom is 0.260 e. The van der Waals surface area contributed by atoms with Crippen molar-refractivity contribution in [2.24, 2.45) is 5.92 Å². The molecule has 4 rings (SSSR count). The number of pyridine rings is 1. The standard InChI is InChI=1S/C24H26N2O5/c1-16-10-20(31-15-24(30)25-13-21(27)22(28)14-25)11-23(29)26(16)12-19-8-6-18(7-9-19)5-4-17-2-3-17/h6-11,17,21-22,27-28H,2-3,12-15H2,1H3/t21-,22?/m0/s1. The summed E-state index contributed by atoms with van der Waals surface area (Å²) < 4.78 is 7.15. The van der Waals surface area contributed by atoms with Crippen molar-refractivity contribution in [3.63, 3.8) is 0 Å². The number of aromatic nitrogens is 1. The molecule has 1 saturated carbocycles. The van der Waals surface area contributed by atoms with E-state index in [-0.39, 0.29) is 31.2 Å². The van der Waals surface area contributed by atoms with Crippen LogP contribution in [0.25, 0.3) is 0 Å². The van der Waals surface area contributed by atoms with Gasteiger partial charge < -0.3 is 24.4 Å². The Labute approximate surface area is 180 Å². The smallest absolute Gasteiger partial charge is 0.260 e. The van der Waals surface area contributed by atoms with E-state index in [2.05, 4.69) is 11.8 Å². The molecule has 7 heteroatoms. The second kappa shape index (κ2) is 8.96. The lowest BCUT2D eigenvalue weighted by Gasteiger charge is -2.16. The van der Waals surface area contributed by atoms with Crippen LogP contribution in [-0.2, 0) is 11.3 Å². The molecule has 1 aromatic heterocycles. The van der Waals surface area contributed by atoms with Crippen LogP contribution in [-0.4, -0.2) is 57.5 Å². The average molecular weight is 422 g/mol. The van der Waals surface area contributed by atoms with E-state index in [1.165, 1.54) is 23.8 Å². The number of rotatable bonds is 5. The van der Waals surface area contributed by atoms with Crippen molar-refractivity contribution in [3.05, 3.63) is 63.6 Å². The van der Waals surface area contributed by atoms with E-state index < -0.39 is 12.2 Å². The first-order valence-electron chi connectivity index (χ1n) is 10.5. The molecule has 7 nitrogen and oxygen atoms in total. The van der Waals surface area contributed by atoms with E-state index in [0.717, 1.165) is 16.8 Å². The van der Waals surface area contributed by atoms with Crippen molar-refractivity contribution in [2.75, 3.05) is 19.7 Å². The van der Waals surface area contributed by atoms with Crippen molar-refractivity contribution in [3.8, 4) is 17.6 Å². The minimum Gasteiger partial charge on any atom is -0.484 e. The van der Waals surface area contributed by atoms with Crippen LogP contribution < -0.4 is 10.3 Å². The molecule has 1 aliphatic heterocycles. The highest BCUT2D eigenvalue weighted by Crippen LogP contribution is 2.27. The third kappa shape index (κ3) is 5.35. The number of amides is 1. The number of aliphatic hydroxyl groups is 2. The predicted molar refractivity (Wildman–Crippen MR) is 115 cm³/mol. The number of carbonyl (C=O) groups is 1. The van der Waals surface area contributed by atoms with E-state index >= 15 is 0 Å². The number of nitrogens with zero attached hydrogens (tertiary/aromatic N) is 2. The zero-order chi connectivity index (χ0) is 22.0. The molecular weight excluding hydrogens is 396 g/mol. The lowest BCUT2D eigenvalue weighted by molar-refractivity contribution is -0.132. The van der Waals surface area contributed by atoms with Gasteiger partial charge in [0.25, 0.3) is 11.5 Å². The Balaban J connectivity index is 1.37. The fraction of sp³-hybridized carbons (Fsp3) is 0.417. The number of hydrogen-bond acceptors (Lipinski definition) is 5. The van der Waals surface area contributed by atoms with Crippen LogP contribution in [0.3, 0.4) is 0 Å². The van der Waals surface area contributed by atoms with Gasteiger partial charge in [-0.1, -0.05) is 24.0 Å². The third-order valence-electron chi connectivity index (χ3n) is 5.58. The SMILES string of the molecule is Cc1cc(OCC(=O)N2CC(O)[C@@H](O)C2)cc(=O)n1Cc1ccc(C#CC2CC2)cc1. The summed E-state index contributed by atoms with van der Waals surface area (Å²) in [4.78, 5) is 26.1. The van der Waals surface area contributed by atoms with Gasteiger partial charge in [0.05, 0.1) is 18.8 Å². The summed E-state index contributed by atoms with van der Waals surface area (Å²) in [5, 5.41) is 19.1. The molecule has 2 atom stereocenters. The molecule has 0 spiro atoms. The number of carbonyl (C=O) groups excluding carboxylic acids is 1. The lowest BCUT2D eigenvalue weighted by atomic mass is 10.1. The van der Waals surface area contributed by atoms with E-state index in [1.54, 1.807) is 10.6 Å². The molecule has 1 unspecified atom stereocenters. The topological polar surface area (TPSA) is 92.0 Å². The van der Waals surface area contributed by atoms with E-state index in [0.29, 0.717) is 18.2 Å². The highest BCUT2D eigenvalue weighted by Gasteiger charge is 2.32. The summed E-state index contributed by atoms with van der Waals surface area (Å²) in [6.07, 6.45) is 0.529. The van der Waals surface area contributed by atoms with E-state index in [1.807, 2.05) is 31.2 Å². The quantitative estimate of drug-likeness (QED) is 0.699. The Morgan fingerprint density at radius 3 is 2.42 bits per heavy atom. The van der Waals surface area contributed by atoms with Crippen LogP contribution in [0.4, 0.5) is 0 Å². The normalized spacial score (nSPS) is 20.3. The minimum atomic E-state index is -0.936. The molecule has 2 aromatic rings. The Morgan fingerprint density at radius 2 is 1.81 bits per heavy atom. The maximum absolute atomic E-state index is 12.6. The van der Waals surface area contributed by atoms with Gasteiger partial charge in [0.2, 0.25) is 0 Å². The molecule has 2 heterocycles. The molecule has 2 aliphatic rings. The fourth-order valence-corrected chi connectivity index (χ4v) is 3.48. The van der Waals surface area contributed by atoms with Gasteiger partial charge >= 0.3 is 0 Å². The summed E-state index contributed by atoms with van der Waals surface area (Å²) in [5.41, 5.74) is 2.48. The monoisotopic (exact) mass is 422 g/mol. The van der Waals surface area contributed by atoms with Gasteiger partial charge in [0, 0.05) is 36.3 Å². The van der Waals surface area contributed by atoms with Crippen LogP contribution in [0, 0.1) is 24.7 Å². The minimum absolute atomic E-state index is 0.0783. The fourth-order valence-electron chi connectivity index (χ4n) is 3.48. The van der Waals surface area contributed by atoms with E-state index in [9.17, 15) is 19.8 Å². The van der Waals surface area contributed by atoms with Gasteiger partial charge in [-0.2, -0.15) is 0 Å². The number of likely N-dealkylation sites (tertiary alicyclic amines) is 1. The van der Waals surface area contributed by atoms with E-state index in [4.69, 9.17) is 4.74 Å². The number of aryl methyl sites for hydroxylation is 1. The Kier molecular flexibility index (Phi) is 6.12. The van der Waals surface area contributed by atoms with Crippen LogP contribution in [0.5, 0.6) is 5.75 Å². The van der Waals surface area contributed by atoms with Crippen molar-refractivity contribution in [2.45, 2.75) is 38.5 Å². The Morgan fingerprint density at radius 1 is 1.13 bits per heavy atom. The molecule has 0 radical (unpaired) electrons. The van der Waals surface area contributed by atoms with Crippen molar-refractivity contribution < 1.29 is 19.7 Å². The first-order chi connectivity index (χ1) is 14.9. The Hall–Kier alpha value is -3.08. The van der Waals surface area contributed by atoms with Gasteiger partial charge in [-0.05, 0) is 43.5 Å². The number of β-amino-alcohol motifs (C(OH)–C–C–N with tert-alkyl or cyclic N) is 2. The molecule has 1 amide bonds. The molecule has 1 saturated heterocycles. The second-order valence-electron chi connectivity index (χ2n) is 8.22. The van der Waals surface area contributed by atoms with Crippen LogP contribution in [0.2, 0.25) is 0 Å². The van der Waals surface area contributed by atoms with Crippen LogP contribution >= 0.6 is 0 Å². The molecule has 2 N–H and O–H groups in total. The van der Waals surface area contributed by atoms with Gasteiger partial charge in [-0.25, -0.2) is 0 Å². The summed E-state index contributed by atoms with van der Waals surface area (Å²) >= 11 is 0. The number of benzene rings is 1. The largest absolute Gasteiger partial charge is 0.484 e. The maximum atomic E-state index is 12.6. The first-order valence-corrected chi connectivity index (χ1v) is 10.5. The summed E-state index contributed by atoms with van der Waals surface area (Å²) in [7, 11) is 0. The van der Waals surface area contributed by atoms with Gasteiger partial charge in [0.15, 0.2) is 6.61 Å². The molecule has 1 aromatic carbocycles. The lowest BCUT2D eigenvalue weighted by Crippen LogP contribution is -2.34. The van der Waals surface area contributed by atoms with Crippen molar-refractivity contribution >= 4 is 5.91 Å². The molecule has 162 valence electrons. The highest BCUT2D eigenvalue weighted by molar-refractivity contribution is 5.78. The summed E-state index contributed by atoms with van der Waals surface area (Å²) in [5.74, 6) is 6.95. The van der Waals surface area contributed by atoms with Crippen LogP contribution in [0.1, 0.15) is 29.7 Å². The third-order valence-corrected chi connectivity index (χ3v) is 5.58. The molecule has 0 bridgehead atoms. The number of aliphatic hydroxyl groups excluding tert-OH is 2. The zero-order valence-electron chi connectivity index (χ0n) is 17.5. The van der Waals surface area contributed by atoms with Gasteiger partial charge in [0.1, 0.15) is 5.75 Å². The first kappa shape index (κ1) is 21.2. The van der Waals surface area contributed by atoms with Gasteiger partial charge in [-0.15, -0.1) is 0 Å². The van der Waals surface area contributed by atoms with Crippen molar-refractivity contribution in [1.82, 2.24) is 9.47 Å². The summed E-state index contributed by atoms with van der Waals surface area (Å²) in [6.45, 7) is 2.15. The molecule has 31 heavy (non-hydrogen) atoms. The average Bonchev–Trinajstić information content (AvgIpc) is 3.52. The Bertz CT molecular complexity index is 1070. The number of hydrogen-bond donors (Lipinski definition) is 2. The van der Waals surface area contributed by atoms with Crippen LogP contribution in [0.15, 0.2) is 41.2 Å².